The molecule has 7 heteroatoms. The molecule has 4 amide bonds. The van der Waals surface area contributed by atoms with E-state index in [0.29, 0.717) is 11.5 Å². The highest BCUT2D eigenvalue weighted by Crippen LogP contribution is 2.65. The first-order valence-electron chi connectivity index (χ1n) is 10.2. The number of halogens is 1. The van der Waals surface area contributed by atoms with Crippen LogP contribution in [0.25, 0.3) is 0 Å². The lowest BCUT2D eigenvalue weighted by Crippen LogP contribution is -2.50. The van der Waals surface area contributed by atoms with Crippen LogP contribution in [0.4, 0.5) is 9.18 Å². The van der Waals surface area contributed by atoms with Gasteiger partial charge in [0.15, 0.2) is 0 Å². The van der Waals surface area contributed by atoms with Crippen molar-refractivity contribution in [3.8, 4) is 0 Å². The third-order valence-electron chi connectivity index (χ3n) is 8.13. The first-order valence-corrected chi connectivity index (χ1v) is 10.2. The zero-order valence-corrected chi connectivity index (χ0v) is 17.3. The molecule has 2 bridgehead atoms. The molecule has 1 saturated heterocycles. The molecule has 1 aromatic carbocycles. The summed E-state index contributed by atoms with van der Waals surface area (Å²) in [5.41, 5.74) is -0.659. The lowest BCUT2D eigenvalue weighted by Gasteiger charge is -2.39. The van der Waals surface area contributed by atoms with Gasteiger partial charge in [0.1, 0.15) is 17.9 Å². The molecular weight excluding hydrogens is 373 g/mol. The minimum absolute atomic E-state index is 0.0211. The Morgan fingerprint density at radius 2 is 1.86 bits per heavy atom. The van der Waals surface area contributed by atoms with Gasteiger partial charge in [0.2, 0.25) is 5.91 Å². The number of carbonyl (C=O) groups excluding carboxylic acids is 3. The quantitative estimate of drug-likeness (QED) is 0.762. The molecule has 3 aliphatic rings. The second-order valence-electron chi connectivity index (χ2n) is 9.68. The zero-order chi connectivity index (χ0) is 21.2. The van der Waals surface area contributed by atoms with Crippen molar-refractivity contribution in [2.45, 2.75) is 58.5 Å². The first-order chi connectivity index (χ1) is 13.5. The summed E-state index contributed by atoms with van der Waals surface area (Å²) >= 11 is 0. The lowest BCUT2D eigenvalue weighted by atomic mass is 9.69. The van der Waals surface area contributed by atoms with Gasteiger partial charge < -0.3 is 10.6 Å². The van der Waals surface area contributed by atoms with E-state index in [0.717, 1.165) is 17.7 Å². The molecule has 1 heterocycles. The van der Waals surface area contributed by atoms with Crippen LogP contribution in [-0.4, -0.2) is 35.3 Å². The number of carbonyl (C=O) groups is 3. The molecule has 156 valence electrons. The van der Waals surface area contributed by atoms with Gasteiger partial charge in [-0.25, -0.2) is 9.18 Å². The molecule has 6 nitrogen and oxygen atoms in total. The zero-order valence-electron chi connectivity index (χ0n) is 17.3. The molecule has 1 aliphatic heterocycles. The molecule has 4 rings (SSSR count). The number of rotatable bonds is 4. The van der Waals surface area contributed by atoms with Gasteiger partial charge in [0.05, 0.1) is 0 Å². The highest BCUT2D eigenvalue weighted by atomic mass is 19.1. The van der Waals surface area contributed by atoms with Gasteiger partial charge in [-0.05, 0) is 60.6 Å². The average molecular weight is 401 g/mol. The van der Waals surface area contributed by atoms with Gasteiger partial charge in [-0.1, -0.05) is 32.9 Å². The largest absolute Gasteiger partial charge is 0.351 e. The van der Waals surface area contributed by atoms with Crippen LogP contribution in [-0.2, 0) is 15.1 Å². The Morgan fingerprint density at radius 1 is 1.21 bits per heavy atom. The fraction of sp³-hybridized carbons (Fsp3) is 0.591. The van der Waals surface area contributed by atoms with Gasteiger partial charge >= 0.3 is 6.03 Å². The van der Waals surface area contributed by atoms with E-state index in [-0.39, 0.29) is 29.3 Å². The Labute approximate surface area is 170 Å². The van der Waals surface area contributed by atoms with E-state index in [1.54, 1.807) is 6.92 Å². The van der Waals surface area contributed by atoms with Crippen molar-refractivity contribution in [3.63, 3.8) is 0 Å². The van der Waals surface area contributed by atoms with E-state index in [1.165, 1.54) is 30.7 Å². The number of hydrogen-bond donors (Lipinski definition) is 2. The van der Waals surface area contributed by atoms with Crippen molar-refractivity contribution in [1.29, 1.82) is 0 Å². The van der Waals surface area contributed by atoms with E-state index >= 15 is 0 Å². The molecule has 2 N–H and O–H groups in total. The third-order valence-corrected chi connectivity index (χ3v) is 8.13. The summed E-state index contributed by atoms with van der Waals surface area (Å²) in [7, 11) is 0. The summed E-state index contributed by atoms with van der Waals surface area (Å²) in [6.07, 6.45) is 3.18. The first kappa shape index (κ1) is 19.9. The van der Waals surface area contributed by atoms with Crippen LogP contribution in [0.2, 0.25) is 0 Å². The number of benzene rings is 1. The van der Waals surface area contributed by atoms with Crippen molar-refractivity contribution in [2.75, 3.05) is 6.54 Å². The van der Waals surface area contributed by atoms with E-state index in [9.17, 15) is 18.8 Å². The Hall–Kier alpha value is -2.44. The minimum Gasteiger partial charge on any atom is -0.351 e. The minimum atomic E-state index is -1.31. The van der Waals surface area contributed by atoms with Gasteiger partial charge in [-0.3, -0.25) is 14.5 Å². The molecule has 4 atom stereocenters. The fourth-order valence-corrected chi connectivity index (χ4v) is 5.63. The highest BCUT2D eigenvalue weighted by Gasteiger charge is 2.61. The molecule has 2 saturated carbocycles. The molecule has 0 aromatic heterocycles. The SMILES string of the molecule is CC1(C)[C@@H]2CC[C@]1(C)[C@H](NC(=O)CN1C(=O)N[C@](C)(c3ccc(F)cc3)C1=O)C2. The molecule has 2 aliphatic carbocycles. The van der Waals surface area contributed by atoms with Crippen molar-refractivity contribution < 1.29 is 18.8 Å². The number of nitrogens with one attached hydrogen (secondary N) is 2. The number of urea groups is 1. The van der Waals surface area contributed by atoms with E-state index in [2.05, 4.69) is 31.4 Å². The van der Waals surface area contributed by atoms with Crippen LogP contribution < -0.4 is 10.6 Å². The summed E-state index contributed by atoms with van der Waals surface area (Å²) in [5.74, 6) is -0.681. The molecular formula is C22H28FN3O3. The van der Waals surface area contributed by atoms with Crippen LogP contribution in [0.15, 0.2) is 24.3 Å². The summed E-state index contributed by atoms with van der Waals surface area (Å²) in [6, 6.07) is 4.86. The topological polar surface area (TPSA) is 78.5 Å². The second kappa shape index (κ2) is 6.28. The normalized spacial score (nSPS) is 35.1. The van der Waals surface area contributed by atoms with Gasteiger partial charge in [-0.15, -0.1) is 0 Å². The molecule has 29 heavy (non-hydrogen) atoms. The Balaban J connectivity index is 1.46. The van der Waals surface area contributed by atoms with Crippen molar-refractivity contribution in [1.82, 2.24) is 15.5 Å². The maximum Gasteiger partial charge on any atom is 0.325 e. The Kier molecular flexibility index (Phi) is 4.30. The number of nitrogens with zero attached hydrogens (tertiary/aromatic N) is 1. The number of imide groups is 1. The molecule has 3 fully saturated rings. The maximum atomic E-state index is 13.2. The molecule has 0 radical (unpaired) electrons. The van der Waals surface area contributed by atoms with Crippen LogP contribution in [0, 0.1) is 22.6 Å². The number of hydrogen-bond acceptors (Lipinski definition) is 3. The summed E-state index contributed by atoms with van der Waals surface area (Å²) in [4.78, 5) is 39.1. The van der Waals surface area contributed by atoms with Crippen LogP contribution >= 0.6 is 0 Å². The van der Waals surface area contributed by atoms with E-state index in [4.69, 9.17) is 0 Å². The second-order valence-corrected chi connectivity index (χ2v) is 9.68. The number of fused-ring (bicyclic) bond motifs is 2. The van der Waals surface area contributed by atoms with Crippen LogP contribution in [0.3, 0.4) is 0 Å². The molecule has 0 unspecified atom stereocenters. The fourth-order valence-electron chi connectivity index (χ4n) is 5.63. The van der Waals surface area contributed by atoms with Crippen molar-refractivity contribution in [2.24, 2.45) is 16.7 Å². The van der Waals surface area contributed by atoms with Gasteiger partial charge in [-0.2, -0.15) is 0 Å². The van der Waals surface area contributed by atoms with Gasteiger partial charge in [0.25, 0.3) is 5.91 Å². The summed E-state index contributed by atoms with van der Waals surface area (Å²) in [5, 5.41) is 5.73. The lowest BCUT2D eigenvalue weighted by molar-refractivity contribution is -0.135. The van der Waals surface area contributed by atoms with Crippen LogP contribution in [0.5, 0.6) is 0 Å². The van der Waals surface area contributed by atoms with Crippen molar-refractivity contribution in [3.05, 3.63) is 35.6 Å². The predicted octanol–water partition coefficient (Wildman–Crippen LogP) is 2.92. The summed E-state index contributed by atoms with van der Waals surface area (Å²) in [6.45, 7) is 8.01. The third kappa shape index (κ3) is 2.77. The van der Waals surface area contributed by atoms with Crippen LogP contribution in [0.1, 0.15) is 52.5 Å². The highest BCUT2D eigenvalue weighted by molar-refractivity contribution is 6.09. The number of amides is 4. The Bertz CT molecular complexity index is 884. The monoisotopic (exact) mass is 401 g/mol. The van der Waals surface area contributed by atoms with E-state index in [1.807, 2.05) is 0 Å². The smallest absolute Gasteiger partial charge is 0.325 e. The maximum absolute atomic E-state index is 13.2. The van der Waals surface area contributed by atoms with Gasteiger partial charge in [0, 0.05) is 6.04 Å². The molecule has 0 spiro atoms. The Morgan fingerprint density at radius 3 is 2.41 bits per heavy atom. The standard InChI is InChI=1S/C22H28FN3O3/c1-20(2)14-9-10-21(20,3)16(11-14)24-17(27)12-26-18(28)22(4,25-19(26)29)13-5-7-15(23)8-6-13/h5-8,14,16H,9-12H2,1-4H3,(H,24,27)(H,25,29)/t14-,16-,21-,22-/m1/s1. The average Bonchev–Trinajstić information content (AvgIpc) is 3.09. The molecule has 1 aromatic rings. The van der Waals surface area contributed by atoms with Crippen molar-refractivity contribution >= 4 is 17.8 Å². The predicted molar refractivity (Wildman–Crippen MR) is 105 cm³/mol. The summed E-state index contributed by atoms with van der Waals surface area (Å²) < 4.78 is 13.2. The van der Waals surface area contributed by atoms with E-state index < -0.39 is 23.3 Å².